The molecule has 1 aliphatic rings. The van der Waals surface area contributed by atoms with Gasteiger partial charge in [0.15, 0.2) is 0 Å². The van der Waals surface area contributed by atoms with Crippen molar-refractivity contribution in [3.8, 4) is 0 Å². The van der Waals surface area contributed by atoms with E-state index in [1.54, 1.807) is 6.20 Å². The smallest absolute Gasteiger partial charge is 0.126 e. The molecule has 0 spiro atoms. The second-order valence-corrected chi connectivity index (χ2v) is 5.07. The van der Waals surface area contributed by atoms with Gasteiger partial charge in [-0.3, -0.25) is 4.98 Å². The predicted molar refractivity (Wildman–Crippen MR) is 70.0 cm³/mol. The van der Waals surface area contributed by atoms with Crippen LogP contribution in [0.15, 0.2) is 36.5 Å². The summed E-state index contributed by atoms with van der Waals surface area (Å²) in [5.41, 5.74) is 2.76. The molecule has 0 saturated heterocycles. The first-order chi connectivity index (χ1) is 9.24. The van der Waals surface area contributed by atoms with Crippen molar-refractivity contribution in [1.29, 1.82) is 0 Å². The number of aromatic nitrogens is 1. The minimum Gasteiger partial charge on any atom is -0.261 e. The normalized spacial score (nSPS) is 18.7. The molecule has 1 aromatic heterocycles. The first-order valence-corrected chi connectivity index (χ1v) is 6.62. The number of rotatable bonds is 1. The minimum absolute atomic E-state index is 0.0427. The summed E-state index contributed by atoms with van der Waals surface area (Å²) in [6.45, 7) is 0. The second kappa shape index (κ2) is 5.08. The van der Waals surface area contributed by atoms with Crippen LogP contribution in [0.25, 0.3) is 0 Å². The van der Waals surface area contributed by atoms with Gasteiger partial charge in [0, 0.05) is 11.9 Å². The summed E-state index contributed by atoms with van der Waals surface area (Å²) >= 11 is 0. The summed E-state index contributed by atoms with van der Waals surface area (Å²) in [7, 11) is 0. The van der Waals surface area contributed by atoms with Crippen LogP contribution in [-0.4, -0.2) is 4.98 Å². The molecular weight excluding hydrogens is 244 g/mol. The molecule has 0 unspecified atom stereocenters. The number of aryl methyl sites for hydroxylation is 1. The van der Waals surface area contributed by atoms with E-state index in [-0.39, 0.29) is 17.6 Å². The Morgan fingerprint density at radius 2 is 2.05 bits per heavy atom. The highest BCUT2D eigenvalue weighted by Gasteiger charge is 2.21. The molecule has 3 heteroatoms. The lowest BCUT2D eigenvalue weighted by Gasteiger charge is -2.16. The molecule has 98 valence electrons. The summed E-state index contributed by atoms with van der Waals surface area (Å²) in [4.78, 5) is 4.38. The third-order valence-electron chi connectivity index (χ3n) is 3.81. The second-order valence-electron chi connectivity index (χ2n) is 5.07. The van der Waals surface area contributed by atoms with Crippen molar-refractivity contribution in [2.24, 2.45) is 0 Å². The molecule has 1 atom stereocenters. The molecule has 0 aliphatic heterocycles. The van der Waals surface area contributed by atoms with Crippen molar-refractivity contribution in [2.75, 3.05) is 0 Å². The fourth-order valence-electron chi connectivity index (χ4n) is 2.86. The molecule has 1 nitrogen and oxygen atoms in total. The van der Waals surface area contributed by atoms with Crippen LogP contribution in [0.4, 0.5) is 8.78 Å². The van der Waals surface area contributed by atoms with Crippen LogP contribution < -0.4 is 0 Å². The molecule has 1 aliphatic carbocycles. The van der Waals surface area contributed by atoms with Crippen molar-refractivity contribution in [1.82, 2.24) is 4.98 Å². The lowest BCUT2D eigenvalue weighted by molar-refractivity contribution is 0.536. The van der Waals surface area contributed by atoms with Crippen LogP contribution in [0.2, 0.25) is 0 Å². The van der Waals surface area contributed by atoms with Gasteiger partial charge in [0.2, 0.25) is 0 Å². The lowest BCUT2D eigenvalue weighted by Crippen LogP contribution is -2.05. The molecule has 0 saturated carbocycles. The molecule has 19 heavy (non-hydrogen) atoms. The number of nitrogens with zero attached hydrogens (tertiary/aromatic N) is 1. The maximum Gasteiger partial charge on any atom is 0.126 e. The Kier molecular flexibility index (Phi) is 3.28. The van der Waals surface area contributed by atoms with Gasteiger partial charge in [-0.1, -0.05) is 6.07 Å². The fraction of sp³-hybridized carbons (Fsp3) is 0.312. The highest BCUT2D eigenvalue weighted by Crippen LogP contribution is 2.32. The van der Waals surface area contributed by atoms with Crippen LogP contribution in [0.3, 0.4) is 0 Å². The van der Waals surface area contributed by atoms with E-state index in [1.165, 1.54) is 18.2 Å². The van der Waals surface area contributed by atoms with E-state index >= 15 is 0 Å². The van der Waals surface area contributed by atoms with Gasteiger partial charge in [-0.15, -0.1) is 0 Å². The molecule has 1 heterocycles. The lowest BCUT2D eigenvalue weighted by atomic mass is 9.90. The number of fused-ring (bicyclic) bond motifs is 1. The SMILES string of the molecule is Fc1ccc(F)c([C@@H]2CCCc3ncccc3C2)c1. The van der Waals surface area contributed by atoms with E-state index in [4.69, 9.17) is 0 Å². The van der Waals surface area contributed by atoms with Crippen LogP contribution in [0.1, 0.15) is 35.6 Å². The standard InChI is InChI=1S/C16H15F2N/c17-13-6-7-15(18)14(10-13)11-3-1-5-16-12(9-11)4-2-8-19-16/h2,4,6-8,10-11H,1,3,5,9H2/t11-/m1/s1. The topological polar surface area (TPSA) is 12.9 Å². The van der Waals surface area contributed by atoms with Crippen molar-refractivity contribution in [3.05, 3.63) is 65.0 Å². The third kappa shape index (κ3) is 2.50. The summed E-state index contributed by atoms with van der Waals surface area (Å²) in [5.74, 6) is -0.632. The predicted octanol–water partition coefficient (Wildman–Crippen LogP) is 4.02. The van der Waals surface area contributed by atoms with E-state index in [2.05, 4.69) is 4.98 Å². The zero-order valence-corrected chi connectivity index (χ0v) is 10.6. The van der Waals surface area contributed by atoms with E-state index < -0.39 is 0 Å². The number of benzene rings is 1. The summed E-state index contributed by atoms with van der Waals surface area (Å²) < 4.78 is 27.2. The first kappa shape index (κ1) is 12.3. The Bertz CT molecular complexity index is 595. The molecule has 0 bridgehead atoms. The Morgan fingerprint density at radius 3 is 2.95 bits per heavy atom. The van der Waals surface area contributed by atoms with Gasteiger partial charge >= 0.3 is 0 Å². The average molecular weight is 259 g/mol. The Labute approximate surface area is 111 Å². The molecule has 3 rings (SSSR count). The summed E-state index contributed by atoms with van der Waals surface area (Å²) in [6.07, 6.45) is 5.29. The van der Waals surface area contributed by atoms with Crippen molar-refractivity contribution in [2.45, 2.75) is 31.6 Å². The van der Waals surface area contributed by atoms with Crippen LogP contribution >= 0.6 is 0 Å². The van der Waals surface area contributed by atoms with Gasteiger partial charge in [-0.25, -0.2) is 8.78 Å². The van der Waals surface area contributed by atoms with Gasteiger partial charge in [-0.2, -0.15) is 0 Å². The van der Waals surface area contributed by atoms with Gasteiger partial charge in [0.05, 0.1) is 0 Å². The summed E-state index contributed by atoms with van der Waals surface area (Å²) in [6, 6.07) is 7.67. The van der Waals surface area contributed by atoms with E-state index in [0.29, 0.717) is 5.56 Å². The largest absolute Gasteiger partial charge is 0.261 e. The highest BCUT2D eigenvalue weighted by atomic mass is 19.1. The molecule has 1 aromatic carbocycles. The van der Waals surface area contributed by atoms with Gasteiger partial charge < -0.3 is 0 Å². The van der Waals surface area contributed by atoms with Crippen molar-refractivity contribution in [3.63, 3.8) is 0 Å². The molecule has 0 N–H and O–H groups in total. The Balaban J connectivity index is 1.96. The Hall–Kier alpha value is -1.77. The third-order valence-corrected chi connectivity index (χ3v) is 3.81. The number of hydrogen-bond acceptors (Lipinski definition) is 1. The van der Waals surface area contributed by atoms with E-state index in [9.17, 15) is 8.78 Å². The molecule has 0 fully saturated rings. The summed E-state index contributed by atoms with van der Waals surface area (Å²) in [5, 5.41) is 0. The van der Waals surface area contributed by atoms with Crippen LogP contribution in [0.5, 0.6) is 0 Å². The minimum atomic E-state index is -0.368. The number of pyridine rings is 1. The average Bonchev–Trinajstić information content (AvgIpc) is 2.63. The number of hydrogen-bond donors (Lipinski definition) is 0. The molecular formula is C16H15F2N. The molecule has 0 amide bonds. The monoisotopic (exact) mass is 259 g/mol. The highest BCUT2D eigenvalue weighted by molar-refractivity contribution is 5.29. The first-order valence-electron chi connectivity index (χ1n) is 6.62. The molecule has 0 radical (unpaired) electrons. The van der Waals surface area contributed by atoms with Crippen LogP contribution in [0, 0.1) is 11.6 Å². The van der Waals surface area contributed by atoms with Gasteiger partial charge in [0.1, 0.15) is 11.6 Å². The van der Waals surface area contributed by atoms with E-state index in [0.717, 1.165) is 36.9 Å². The maximum atomic E-state index is 13.9. The zero-order chi connectivity index (χ0) is 13.2. The van der Waals surface area contributed by atoms with Crippen molar-refractivity contribution < 1.29 is 8.78 Å². The van der Waals surface area contributed by atoms with Gasteiger partial charge in [0.25, 0.3) is 0 Å². The van der Waals surface area contributed by atoms with Gasteiger partial charge in [-0.05, 0) is 67.0 Å². The number of halogens is 2. The van der Waals surface area contributed by atoms with Crippen molar-refractivity contribution >= 4 is 0 Å². The Morgan fingerprint density at radius 1 is 1.16 bits per heavy atom. The maximum absolute atomic E-state index is 13.9. The van der Waals surface area contributed by atoms with E-state index in [1.807, 2.05) is 12.1 Å². The molecule has 2 aromatic rings. The zero-order valence-electron chi connectivity index (χ0n) is 10.6. The quantitative estimate of drug-likeness (QED) is 0.705. The van der Waals surface area contributed by atoms with Crippen LogP contribution in [-0.2, 0) is 12.8 Å². The fourth-order valence-corrected chi connectivity index (χ4v) is 2.86.